The summed E-state index contributed by atoms with van der Waals surface area (Å²) in [6, 6.07) is 6.28. The van der Waals surface area contributed by atoms with Gasteiger partial charge in [-0.25, -0.2) is 4.98 Å². The van der Waals surface area contributed by atoms with Gasteiger partial charge in [-0.2, -0.15) is 0 Å². The van der Waals surface area contributed by atoms with Crippen molar-refractivity contribution in [2.45, 2.75) is 58.8 Å². The van der Waals surface area contributed by atoms with Gasteiger partial charge in [0.2, 0.25) is 17.7 Å². The number of aromatic nitrogens is 1. The number of ether oxygens (including phenoxy) is 1. The van der Waals surface area contributed by atoms with Crippen molar-refractivity contribution in [3.05, 3.63) is 41.0 Å². The molecule has 2 aliphatic heterocycles. The molecule has 3 unspecified atom stereocenters. The Morgan fingerprint density at radius 3 is 2.44 bits per heavy atom. The number of hydrogen-bond acceptors (Lipinski definition) is 7. The number of amides is 3. The van der Waals surface area contributed by atoms with E-state index in [2.05, 4.69) is 15.6 Å². The molecular weight excluding hydrogens is 480 g/mol. The molecule has 2 saturated heterocycles. The van der Waals surface area contributed by atoms with E-state index in [1.165, 1.54) is 4.90 Å². The second-order valence-electron chi connectivity index (χ2n) is 10.6. The molecule has 2 aromatic rings. The van der Waals surface area contributed by atoms with Crippen molar-refractivity contribution in [2.24, 2.45) is 11.3 Å². The van der Waals surface area contributed by atoms with Crippen molar-refractivity contribution in [3.63, 3.8) is 0 Å². The third-order valence-corrected chi connectivity index (χ3v) is 7.68. The highest BCUT2D eigenvalue weighted by atomic mass is 32.1. The van der Waals surface area contributed by atoms with Gasteiger partial charge in [-0.3, -0.25) is 14.4 Å². The standard InChI is InChI=1S/C26H34N4O5S/c1-15-21(36-14-28-15)17-7-5-16(6-8-17)10-27-24(33)20-9-19(31)11-30(20)25(34)22(26(2,3)4)29-23(32)18-12-35-13-18/h5-8,14,18-20,22,31H,9-13H2,1-4H3,(H,27,33)(H,29,32). The van der Waals surface area contributed by atoms with Gasteiger partial charge in [0.15, 0.2) is 0 Å². The fourth-order valence-electron chi connectivity index (χ4n) is 4.43. The highest BCUT2D eigenvalue weighted by Gasteiger charge is 2.45. The molecule has 2 fully saturated rings. The molecule has 3 atom stereocenters. The number of thiazole rings is 1. The number of nitrogens with zero attached hydrogens (tertiary/aromatic N) is 2. The van der Waals surface area contributed by atoms with Gasteiger partial charge < -0.3 is 25.4 Å². The van der Waals surface area contributed by atoms with Gasteiger partial charge in [0, 0.05) is 19.5 Å². The van der Waals surface area contributed by atoms with E-state index in [-0.39, 0.29) is 36.6 Å². The van der Waals surface area contributed by atoms with Crippen LogP contribution in [0.3, 0.4) is 0 Å². The fourth-order valence-corrected chi connectivity index (χ4v) is 5.24. The largest absolute Gasteiger partial charge is 0.391 e. The molecule has 2 aliphatic rings. The lowest BCUT2D eigenvalue weighted by molar-refractivity contribution is -0.148. The molecule has 0 aliphatic carbocycles. The zero-order valence-electron chi connectivity index (χ0n) is 21.1. The van der Waals surface area contributed by atoms with Gasteiger partial charge in [0.25, 0.3) is 0 Å². The molecule has 3 N–H and O–H groups in total. The van der Waals surface area contributed by atoms with E-state index in [9.17, 15) is 19.5 Å². The van der Waals surface area contributed by atoms with Crippen molar-refractivity contribution in [2.75, 3.05) is 19.8 Å². The Bertz CT molecular complexity index is 1110. The number of aryl methyl sites for hydroxylation is 1. The van der Waals surface area contributed by atoms with Crippen LogP contribution in [0.4, 0.5) is 0 Å². The normalized spacial score (nSPS) is 21.1. The van der Waals surface area contributed by atoms with E-state index in [1.807, 2.05) is 57.5 Å². The number of likely N-dealkylation sites (tertiary alicyclic amines) is 1. The number of benzene rings is 1. The number of carbonyl (C=O) groups is 3. The topological polar surface area (TPSA) is 121 Å². The smallest absolute Gasteiger partial charge is 0.246 e. The van der Waals surface area contributed by atoms with Gasteiger partial charge in [-0.05, 0) is 23.5 Å². The molecule has 3 heterocycles. The molecule has 0 bridgehead atoms. The van der Waals surface area contributed by atoms with Crippen molar-refractivity contribution < 1.29 is 24.2 Å². The number of carbonyl (C=O) groups excluding carboxylic acids is 3. The summed E-state index contributed by atoms with van der Waals surface area (Å²) in [5.41, 5.74) is 4.22. The Kier molecular flexibility index (Phi) is 7.77. The van der Waals surface area contributed by atoms with Crippen LogP contribution < -0.4 is 10.6 Å². The van der Waals surface area contributed by atoms with E-state index in [4.69, 9.17) is 4.74 Å². The predicted octanol–water partition coefficient (Wildman–Crippen LogP) is 1.87. The summed E-state index contributed by atoms with van der Waals surface area (Å²) in [5, 5.41) is 16.1. The molecule has 0 saturated carbocycles. The highest BCUT2D eigenvalue weighted by Crippen LogP contribution is 2.28. The van der Waals surface area contributed by atoms with Crippen LogP contribution in [0.15, 0.2) is 29.8 Å². The van der Waals surface area contributed by atoms with Crippen LogP contribution in [0.2, 0.25) is 0 Å². The van der Waals surface area contributed by atoms with Crippen LogP contribution in [0.25, 0.3) is 10.4 Å². The number of β-amino-alcohol motifs (C(OH)–C–C–N with tert-alkyl or cyclic N) is 1. The Balaban J connectivity index is 1.41. The first-order valence-electron chi connectivity index (χ1n) is 12.2. The summed E-state index contributed by atoms with van der Waals surface area (Å²) < 4.78 is 5.10. The molecule has 3 amide bonds. The van der Waals surface area contributed by atoms with Crippen molar-refractivity contribution >= 4 is 29.1 Å². The summed E-state index contributed by atoms with van der Waals surface area (Å²) in [6.07, 6.45) is -0.648. The highest BCUT2D eigenvalue weighted by molar-refractivity contribution is 7.13. The van der Waals surface area contributed by atoms with Gasteiger partial charge in [-0.15, -0.1) is 11.3 Å². The molecule has 4 rings (SSSR count). The Morgan fingerprint density at radius 2 is 1.89 bits per heavy atom. The molecule has 0 radical (unpaired) electrons. The SMILES string of the molecule is Cc1ncsc1-c1ccc(CNC(=O)C2CC(O)CN2C(=O)C(NC(=O)C2COC2)C(C)(C)C)cc1. The molecule has 1 aromatic heterocycles. The first-order valence-corrected chi connectivity index (χ1v) is 13.1. The van der Waals surface area contributed by atoms with Crippen LogP contribution in [-0.2, 0) is 25.7 Å². The maximum Gasteiger partial charge on any atom is 0.246 e. The first-order chi connectivity index (χ1) is 17.0. The quantitative estimate of drug-likeness (QED) is 0.519. The molecule has 36 heavy (non-hydrogen) atoms. The van der Waals surface area contributed by atoms with E-state index >= 15 is 0 Å². The van der Waals surface area contributed by atoms with Crippen LogP contribution in [0.1, 0.15) is 38.4 Å². The number of aliphatic hydroxyl groups excluding tert-OH is 1. The summed E-state index contributed by atoms with van der Waals surface area (Å²) >= 11 is 1.59. The molecule has 194 valence electrons. The molecule has 10 heteroatoms. The summed E-state index contributed by atoms with van der Waals surface area (Å²) in [6.45, 7) is 8.61. The van der Waals surface area contributed by atoms with Crippen LogP contribution >= 0.6 is 11.3 Å². The van der Waals surface area contributed by atoms with E-state index < -0.39 is 23.6 Å². The average molecular weight is 515 g/mol. The average Bonchev–Trinajstić information content (AvgIpc) is 3.39. The van der Waals surface area contributed by atoms with Crippen LogP contribution in [0, 0.1) is 18.3 Å². The molecule has 9 nitrogen and oxygen atoms in total. The second kappa shape index (κ2) is 10.7. The summed E-state index contributed by atoms with van der Waals surface area (Å²) in [7, 11) is 0. The number of hydrogen-bond donors (Lipinski definition) is 3. The maximum atomic E-state index is 13.6. The number of aliphatic hydroxyl groups is 1. The van der Waals surface area contributed by atoms with E-state index in [0.29, 0.717) is 19.8 Å². The summed E-state index contributed by atoms with van der Waals surface area (Å²) in [5.74, 6) is -1.18. The molecule has 0 spiro atoms. The minimum Gasteiger partial charge on any atom is -0.391 e. The lowest BCUT2D eigenvalue weighted by Gasteiger charge is -2.37. The lowest BCUT2D eigenvalue weighted by atomic mass is 9.85. The minimum absolute atomic E-state index is 0.0504. The monoisotopic (exact) mass is 514 g/mol. The van der Waals surface area contributed by atoms with Gasteiger partial charge in [0.1, 0.15) is 12.1 Å². The molecule has 1 aromatic carbocycles. The molecular formula is C26H34N4O5S. The Morgan fingerprint density at radius 1 is 1.19 bits per heavy atom. The van der Waals surface area contributed by atoms with Crippen molar-refractivity contribution in [1.82, 2.24) is 20.5 Å². The van der Waals surface area contributed by atoms with Crippen molar-refractivity contribution in [1.29, 1.82) is 0 Å². The van der Waals surface area contributed by atoms with Crippen LogP contribution in [0.5, 0.6) is 0 Å². The third kappa shape index (κ3) is 5.77. The van der Waals surface area contributed by atoms with Crippen LogP contribution in [-0.4, -0.2) is 70.7 Å². The maximum absolute atomic E-state index is 13.6. The number of nitrogens with one attached hydrogen (secondary N) is 2. The number of rotatable bonds is 7. The minimum atomic E-state index is -0.825. The van der Waals surface area contributed by atoms with Gasteiger partial charge in [-0.1, -0.05) is 45.0 Å². The van der Waals surface area contributed by atoms with E-state index in [0.717, 1.165) is 21.7 Å². The van der Waals surface area contributed by atoms with E-state index in [1.54, 1.807) is 11.3 Å². The fraction of sp³-hybridized carbons (Fsp3) is 0.538. The second-order valence-corrected chi connectivity index (χ2v) is 11.5. The Hall–Kier alpha value is -2.82. The summed E-state index contributed by atoms with van der Waals surface area (Å²) in [4.78, 5) is 46.0. The third-order valence-electron chi connectivity index (χ3n) is 6.70. The Labute approximate surface area is 215 Å². The van der Waals surface area contributed by atoms with Gasteiger partial charge in [0.05, 0.1) is 41.3 Å². The zero-order chi connectivity index (χ0) is 26.0. The van der Waals surface area contributed by atoms with Crippen molar-refractivity contribution in [3.8, 4) is 10.4 Å². The lowest BCUT2D eigenvalue weighted by Crippen LogP contribution is -2.59. The zero-order valence-corrected chi connectivity index (χ0v) is 21.9. The first kappa shape index (κ1) is 26.2. The predicted molar refractivity (Wildman–Crippen MR) is 136 cm³/mol. The van der Waals surface area contributed by atoms with Gasteiger partial charge >= 0.3 is 0 Å².